The number of hydrogen-bond acceptors (Lipinski definition) is 6. The fourth-order valence-corrected chi connectivity index (χ4v) is 4.30. The van der Waals surface area contributed by atoms with Gasteiger partial charge < -0.3 is 21.7 Å². The number of piperidine rings is 1. The number of aromatic nitrogens is 1. The summed E-state index contributed by atoms with van der Waals surface area (Å²) < 4.78 is 0. The lowest BCUT2D eigenvalue weighted by Gasteiger charge is -2.26. The van der Waals surface area contributed by atoms with Gasteiger partial charge in [0, 0.05) is 18.0 Å². The molecule has 0 unspecified atom stereocenters. The zero-order chi connectivity index (χ0) is 22.9. The van der Waals surface area contributed by atoms with E-state index in [4.69, 9.17) is 11.5 Å². The molecule has 1 amide bonds. The summed E-state index contributed by atoms with van der Waals surface area (Å²) in [5.74, 6) is 0.270. The molecule has 2 heterocycles. The van der Waals surface area contributed by atoms with Gasteiger partial charge in [-0.1, -0.05) is 31.0 Å². The zero-order valence-electron chi connectivity index (χ0n) is 19.2. The molecule has 1 aliphatic rings. The van der Waals surface area contributed by atoms with E-state index in [2.05, 4.69) is 15.2 Å². The van der Waals surface area contributed by atoms with Crippen molar-refractivity contribution in [2.24, 2.45) is 5.73 Å². The van der Waals surface area contributed by atoms with Gasteiger partial charge in [-0.3, -0.25) is 9.59 Å². The number of aryl methyl sites for hydroxylation is 1. The number of amides is 1. The highest BCUT2D eigenvalue weighted by Crippen LogP contribution is 2.20. The molecular weight excluding hydrogens is 402 g/mol. The summed E-state index contributed by atoms with van der Waals surface area (Å²) in [6, 6.07) is 6.75. The Morgan fingerprint density at radius 2 is 1.94 bits per heavy atom. The first-order valence-corrected chi connectivity index (χ1v) is 11.9. The molecule has 174 valence electrons. The highest BCUT2D eigenvalue weighted by atomic mass is 16.2. The Labute approximate surface area is 190 Å². The number of carbonyl (C=O) groups excluding carboxylic acids is 2. The number of anilines is 1. The summed E-state index contributed by atoms with van der Waals surface area (Å²) in [6.45, 7) is 5.20. The number of carbonyl (C=O) groups is 2. The minimum atomic E-state index is -0.564. The summed E-state index contributed by atoms with van der Waals surface area (Å²) >= 11 is 0. The average molecular weight is 440 g/mol. The van der Waals surface area contributed by atoms with Crippen LogP contribution in [0, 0.1) is 0 Å². The van der Waals surface area contributed by atoms with E-state index in [0.717, 1.165) is 35.7 Å². The first-order chi connectivity index (χ1) is 15.4. The number of benzene rings is 1. The first-order valence-electron chi connectivity index (χ1n) is 11.9. The number of ketones is 1. The Balaban J connectivity index is 1.37. The number of nitrogens with zero attached hydrogens (tertiary/aromatic N) is 2. The fraction of sp³-hybridized carbons (Fsp3) is 0.560. The summed E-state index contributed by atoms with van der Waals surface area (Å²) in [6.07, 6.45) is 9.21. The van der Waals surface area contributed by atoms with Gasteiger partial charge in [0.15, 0.2) is 5.78 Å². The normalized spacial score (nSPS) is 16.6. The SMILES string of the molecule is C[C@H](NC(=O)[C@H](N)CCCCN1CCCCC1)C(=O)CCc1ccc2c(N)nccc2c1. The van der Waals surface area contributed by atoms with Crippen LogP contribution in [0.1, 0.15) is 57.4 Å². The largest absolute Gasteiger partial charge is 0.383 e. The van der Waals surface area contributed by atoms with Crippen molar-refractivity contribution in [3.8, 4) is 0 Å². The number of pyridine rings is 1. The van der Waals surface area contributed by atoms with Crippen molar-refractivity contribution in [3.63, 3.8) is 0 Å². The van der Waals surface area contributed by atoms with Gasteiger partial charge in [0.25, 0.3) is 0 Å². The van der Waals surface area contributed by atoms with Crippen LogP contribution in [0.25, 0.3) is 10.8 Å². The molecule has 0 bridgehead atoms. The minimum absolute atomic E-state index is 0.00462. The highest BCUT2D eigenvalue weighted by Gasteiger charge is 2.20. The second-order valence-corrected chi connectivity index (χ2v) is 8.95. The smallest absolute Gasteiger partial charge is 0.237 e. The Morgan fingerprint density at radius 3 is 2.72 bits per heavy atom. The van der Waals surface area contributed by atoms with Crippen molar-refractivity contribution in [2.75, 3.05) is 25.4 Å². The average Bonchev–Trinajstić information content (AvgIpc) is 2.80. The predicted molar refractivity (Wildman–Crippen MR) is 129 cm³/mol. The maximum absolute atomic E-state index is 12.5. The number of likely N-dealkylation sites (tertiary alicyclic amines) is 1. The first kappa shape index (κ1) is 24.1. The monoisotopic (exact) mass is 439 g/mol. The van der Waals surface area contributed by atoms with E-state index in [1.54, 1.807) is 13.1 Å². The quantitative estimate of drug-likeness (QED) is 0.464. The van der Waals surface area contributed by atoms with Gasteiger partial charge >= 0.3 is 0 Å². The van der Waals surface area contributed by atoms with Crippen LogP contribution in [0.15, 0.2) is 30.5 Å². The van der Waals surface area contributed by atoms with E-state index < -0.39 is 12.1 Å². The molecule has 2 aromatic rings. The van der Waals surface area contributed by atoms with Crippen LogP contribution in [0.3, 0.4) is 0 Å². The molecule has 2 atom stereocenters. The number of nitrogens with one attached hydrogen (secondary N) is 1. The Hall–Kier alpha value is -2.51. The molecule has 7 nitrogen and oxygen atoms in total. The third-order valence-corrected chi connectivity index (χ3v) is 6.39. The van der Waals surface area contributed by atoms with Crippen molar-refractivity contribution in [1.82, 2.24) is 15.2 Å². The Morgan fingerprint density at radius 1 is 1.16 bits per heavy atom. The van der Waals surface area contributed by atoms with Crippen LogP contribution >= 0.6 is 0 Å². The Kier molecular flexibility index (Phi) is 9.00. The number of unbranched alkanes of at least 4 members (excludes halogenated alkanes) is 1. The van der Waals surface area contributed by atoms with Crippen molar-refractivity contribution in [1.29, 1.82) is 0 Å². The third kappa shape index (κ3) is 7.00. The molecule has 7 heteroatoms. The molecule has 0 spiro atoms. The standard InChI is InChI=1S/C25H37N5O2/c1-18(29-25(32)22(26)7-3-6-16-30-14-4-2-5-15-30)23(31)11-9-19-8-10-21-20(17-19)12-13-28-24(21)27/h8,10,12-13,17-18,22H,2-7,9,11,14-16,26H2,1H3,(H2,27,28)(H,29,32)/t18-,22+/m0/s1. The second kappa shape index (κ2) is 11.9. The van der Waals surface area contributed by atoms with Gasteiger partial charge in [-0.25, -0.2) is 4.98 Å². The highest BCUT2D eigenvalue weighted by molar-refractivity contribution is 5.92. The zero-order valence-corrected chi connectivity index (χ0v) is 19.2. The molecule has 1 saturated heterocycles. The molecule has 1 aliphatic heterocycles. The fourth-order valence-electron chi connectivity index (χ4n) is 4.30. The van der Waals surface area contributed by atoms with E-state index in [1.807, 2.05) is 24.3 Å². The maximum Gasteiger partial charge on any atom is 0.237 e. The van der Waals surface area contributed by atoms with E-state index in [-0.39, 0.29) is 11.7 Å². The summed E-state index contributed by atoms with van der Waals surface area (Å²) in [5, 5.41) is 4.71. The molecule has 1 aromatic heterocycles. The van der Waals surface area contributed by atoms with Crippen molar-refractivity contribution >= 4 is 28.3 Å². The van der Waals surface area contributed by atoms with Gasteiger partial charge in [0.1, 0.15) is 5.82 Å². The van der Waals surface area contributed by atoms with Crippen LogP contribution in [-0.4, -0.2) is 53.3 Å². The van der Waals surface area contributed by atoms with Gasteiger partial charge in [0.05, 0.1) is 12.1 Å². The van der Waals surface area contributed by atoms with E-state index in [0.29, 0.717) is 25.1 Å². The van der Waals surface area contributed by atoms with Crippen LogP contribution in [0.4, 0.5) is 5.82 Å². The lowest BCUT2D eigenvalue weighted by atomic mass is 10.0. The van der Waals surface area contributed by atoms with Crippen LogP contribution in [0.5, 0.6) is 0 Å². The van der Waals surface area contributed by atoms with Crippen molar-refractivity contribution in [2.45, 2.75) is 70.4 Å². The summed E-state index contributed by atoms with van der Waals surface area (Å²) in [5.41, 5.74) is 13.0. The van der Waals surface area contributed by atoms with Crippen molar-refractivity contribution in [3.05, 3.63) is 36.0 Å². The lowest BCUT2D eigenvalue weighted by molar-refractivity contribution is -0.128. The molecule has 0 aliphatic carbocycles. The summed E-state index contributed by atoms with van der Waals surface area (Å²) in [7, 11) is 0. The van der Waals surface area contributed by atoms with E-state index >= 15 is 0 Å². The van der Waals surface area contributed by atoms with Crippen LogP contribution in [-0.2, 0) is 16.0 Å². The number of nitrogen functional groups attached to an aromatic ring is 1. The minimum Gasteiger partial charge on any atom is -0.383 e. The Bertz CT molecular complexity index is 910. The van der Waals surface area contributed by atoms with Crippen molar-refractivity contribution < 1.29 is 9.59 Å². The number of rotatable bonds is 11. The maximum atomic E-state index is 12.5. The van der Waals surface area contributed by atoms with Gasteiger partial charge in [0.2, 0.25) is 5.91 Å². The molecule has 1 aromatic carbocycles. The molecule has 5 N–H and O–H groups in total. The predicted octanol–water partition coefficient (Wildman–Crippen LogP) is 2.81. The van der Waals surface area contributed by atoms with Gasteiger partial charge in [-0.05, 0) is 75.7 Å². The van der Waals surface area contributed by atoms with Gasteiger partial charge in [-0.15, -0.1) is 0 Å². The number of Topliss-reactive ketones (excluding diaryl/α,β-unsaturated/α-hetero) is 1. The van der Waals surface area contributed by atoms with Crippen LogP contribution in [0.2, 0.25) is 0 Å². The molecule has 0 radical (unpaired) electrons. The molecule has 3 rings (SSSR count). The number of nitrogens with two attached hydrogens (primary N) is 2. The third-order valence-electron chi connectivity index (χ3n) is 6.39. The molecular formula is C25H37N5O2. The second-order valence-electron chi connectivity index (χ2n) is 8.95. The van der Waals surface area contributed by atoms with Gasteiger partial charge in [-0.2, -0.15) is 0 Å². The molecule has 32 heavy (non-hydrogen) atoms. The van der Waals surface area contributed by atoms with E-state index in [9.17, 15) is 9.59 Å². The number of hydrogen-bond donors (Lipinski definition) is 3. The van der Waals surface area contributed by atoms with Crippen LogP contribution < -0.4 is 16.8 Å². The number of fused-ring (bicyclic) bond motifs is 1. The molecule has 0 saturated carbocycles. The summed E-state index contributed by atoms with van der Waals surface area (Å²) in [4.78, 5) is 31.5. The van der Waals surface area contributed by atoms with E-state index in [1.165, 1.54) is 32.4 Å². The topological polar surface area (TPSA) is 114 Å². The lowest BCUT2D eigenvalue weighted by Crippen LogP contribution is -2.47. The molecule has 1 fully saturated rings.